The molecule has 1 atom stereocenters. The van der Waals surface area contributed by atoms with E-state index in [2.05, 4.69) is 5.16 Å². The van der Waals surface area contributed by atoms with Crippen LogP contribution in [0, 0.1) is 0 Å². The van der Waals surface area contributed by atoms with Gasteiger partial charge in [-0.1, -0.05) is 12.1 Å². The zero-order chi connectivity index (χ0) is 14.2. The Kier molecular flexibility index (Phi) is 3.52. The standard InChI is InChI=1S/C14H20N2O4/c1-3-12-11(7-15-20-12)13(17)16-8-14(9-16)6-10(18-2)4-5-19-14/h7,10H,3-6,8-9H2,1-2H3/t10-/m0/s1. The van der Waals surface area contributed by atoms with Crippen molar-refractivity contribution < 1.29 is 18.8 Å². The molecule has 0 aromatic carbocycles. The molecule has 0 aliphatic carbocycles. The van der Waals surface area contributed by atoms with E-state index in [-0.39, 0.29) is 17.6 Å². The van der Waals surface area contributed by atoms with Crippen molar-refractivity contribution >= 4 is 5.91 Å². The van der Waals surface area contributed by atoms with Gasteiger partial charge in [0.15, 0.2) is 0 Å². The van der Waals surface area contributed by atoms with E-state index in [9.17, 15) is 4.79 Å². The summed E-state index contributed by atoms with van der Waals surface area (Å²) in [5.74, 6) is 0.632. The molecule has 6 nitrogen and oxygen atoms in total. The fraction of sp³-hybridized carbons (Fsp3) is 0.714. The quantitative estimate of drug-likeness (QED) is 0.834. The van der Waals surface area contributed by atoms with Gasteiger partial charge in [0.25, 0.3) is 5.91 Å². The van der Waals surface area contributed by atoms with Crippen molar-refractivity contribution in [3.63, 3.8) is 0 Å². The molecular formula is C14H20N2O4. The van der Waals surface area contributed by atoms with Crippen LogP contribution in [0.5, 0.6) is 0 Å². The number of amides is 1. The van der Waals surface area contributed by atoms with Gasteiger partial charge in [0.2, 0.25) is 0 Å². The van der Waals surface area contributed by atoms with Crippen LogP contribution in [0.1, 0.15) is 35.9 Å². The van der Waals surface area contributed by atoms with Crippen molar-refractivity contribution in [2.24, 2.45) is 0 Å². The van der Waals surface area contributed by atoms with Crippen LogP contribution >= 0.6 is 0 Å². The van der Waals surface area contributed by atoms with Gasteiger partial charge in [-0.2, -0.15) is 0 Å². The molecule has 1 spiro atoms. The Morgan fingerprint density at radius 1 is 1.60 bits per heavy atom. The summed E-state index contributed by atoms with van der Waals surface area (Å²) in [4.78, 5) is 14.2. The monoisotopic (exact) mass is 280 g/mol. The predicted molar refractivity (Wildman–Crippen MR) is 70.5 cm³/mol. The minimum Gasteiger partial charge on any atom is -0.381 e. The number of ether oxygens (including phenoxy) is 2. The molecular weight excluding hydrogens is 260 g/mol. The second kappa shape index (κ2) is 5.18. The summed E-state index contributed by atoms with van der Waals surface area (Å²) < 4.78 is 16.4. The summed E-state index contributed by atoms with van der Waals surface area (Å²) in [5, 5.41) is 3.71. The van der Waals surface area contributed by atoms with Gasteiger partial charge < -0.3 is 18.9 Å². The summed E-state index contributed by atoms with van der Waals surface area (Å²) in [6.45, 7) is 3.90. The second-order valence-corrected chi connectivity index (χ2v) is 5.56. The van der Waals surface area contributed by atoms with Crippen LogP contribution in [0.3, 0.4) is 0 Å². The van der Waals surface area contributed by atoms with E-state index in [4.69, 9.17) is 14.0 Å². The largest absolute Gasteiger partial charge is 0.381 e. The van der Waals surface area contributed by atoms with E-state index in [1.807, 2.05) is 6.92 Å². The Hall–Kier alpha value is -1.40. The minimum atomic E-state index is -0.210. The minimum absolute atomic E-state index is 0.0168. The lowest BCUT2D eigenvalue weighted by atomic mass is 9.84. The smallest absolute Gasteiger partial charge is 0.259 e. The molecule has 3 rings (SSSR count). The molecule has 0 N–H and O–H groups in total. The van der Waals surface area contributed by atoms with Crippen molar-refractivity contribution in [1.29, 1.82) is 0 Å². The van der Waals surface area contributed by atoms with Crippen LogP contribution in [0.2, 0.25) is 0 Å². The first kappa shape index (κ1) is 13.6. The molecule has 2 saturated heterocycles. The van der Waals surface area contributed by atoms with Gasteiger partial charge >= 0.3 is 0 Å². The van der Waals surface area contributed by atoms with Gasteiger partial charge in [-0.3, -0.25) is 4.79 Å². The van der Waals surface area contributed by atoms with Crippen LogP contribution in [-0.2, 0) is 15.9 Å². The average Bonchev–Trinajstić information content (AvgIpc) is 2.92. The van der Waals surface area contributed by atoms with Crippen LogP contribution in [0.25, 0.3) is 0 Å². The Balaban J connectivity index is 1.64. The van der Waals surface area contributed by atoms with Crippen molar-refractivity contribution in [3.8, 4) is 0 Å². The van der Waals surface area contributed by atoms with Crippen molar-refractivity contribution in [1.82, 2.24) is 10.1 Å². The molecule has 110 valence electrons. The van der Waals surface area contributed by atoms with E-state index >= 15 is 0 Å². The normalized spacial score (nSPS) is 24.7. The SMILES string of the molecule is CCc1oncc1C(=O)N1CC2(C[C@@H](OC)CCO2)C1. The van der Waals surface area contributed by atoms with E-state index in [1.165, 1.54) is 6.20 Å². The summed E-state index contributed by atoms with van der Waals surface area (Å²) in [5.41, 5.74) is 0.361. The van der Waals surface area contributed by atoms with Gasteiger partial charge in [-0.25, -0.2) is 0 Å². The first-order valence-corrected chi connectivity index (χ1v) is 7.07. The Morgan fingerprint density at radius 2 is 2.40 bits per heavy atom. The maximum Gasteiger partial charge on any atom is 0.259 e. The summed E-state index contributed by atoms with van der Waals surface area (Å²) in [7, 11) is 1.73. The zero-order valence-electron chi connectivity index (χ0n) is 11.9. The number of hydrogen-bond acceptors (Lipinski definition) is 5. The van der Waals surface area contributed by atoms with E-state index < -0.39 is 0 Å². The van der Waals surface area contributed by atoms with Gasteiger partial charge in [0.05, 0.1) is 25.4 Å². The number of aryl methyl sites for hydroxylation is 1. The van der Waals surface area contributed by atoms with Gasteiger partial charge in [-0.05, 0) is 6.42 Å². The van der Waals surface area contributed by atoms with Gasteiger partial charge in [-0.15, -0.1) is 0 Å². The third-order valence-electron chi connectivity index (χ3n) is 4.22. The van der Waals surface area contributed by atoms with Crippen LogP contribution in [0.15, 0.2) is 10.7 Å². The molecule has 0 radical (unpaired) electrons. The lowest BCUT2D eigenvalue weighted by Gasteiger charge is -2.52. The Bertz CT molecular complexity index is 493. The summed E-state index contributed by atoms with van der Waals surface area (Å²) in [6, 6.07) is 0. The third-order valence-corrected chi connectivity index (χ3v) is 4.22. The molecule has 0 unspecified atom stereocenters. The molecule has 0 saturated carbocycles. The fourth-order valence-electron chi connectivity index (χ4n) is 3.06. The number of hydrogen-bond donors (Lipinski definition) is 0. The first-order chi connectivity index (χ1) is 9.67. The number of methoxy groups -OCH3 is 1. The number of likely N-dealkylation sites (tertiary alicyclic amines) is 1. The third kappa shape index (κ3) is 2.23. The predicted octanol–water partition coefficient (Wildman–Crippen LogP) is 1.26. The highest BCUT2D eigenvalue weighted by atomic mass is 16.5. The van der Waals surface area contributed by atoms with E-state index in [0.29, 0.717) is 37.4 Å². The molecule has 1 aromatic heterocycles. The van der Waals surface area contributed by atoms with Gasteiger partial charge in [0, 0.05) is 26.6 Å². The number of nitrogens with zero attached hydrogens (tertiary/aromatic N) is 2. The van der Waals surface area contributed by atoms with Crippen LogP contribution in [-0.4, -0.2) is 54.5 Å². The van der Waals surface area contributed by atoms with E-state index in [1.54, 1.807) is 12.0 Å². The Labute approximate surface area is 118 Å². The molecule has 20 heavy (non-hydrogen) atoms. The number of carbonyl (C=O) groups is 1. The lowest BCUT2D eigenvalue weighted by Crippen LogP contribution is -2.67. The van der Waals surface area contributed by atoms with Crippen molar-refractivity contribution in [3.05, 3.63) is 17.5 Å². The summed E-state index contributed by atoms with van der Waals surface area (Å²) >= 11 is 0. The Morgan fingerprint density at radius 3 is 3.10 bits per heavy atom. The highest BCUT2D eigenvalue weighted by Crippen LogP contribution is 2.36. The molecule has 3 heterocycles. The maximum atomic E-state index is 12.4. The lowest BCUT2D eigenvalue weighted by molar-refractivity contribution is -0.181. The van der Waals surface area contributed by atoms with Crippen LogP contribution < -0.4 is 0 Å². The zero-order valence-corrected chi connectivity index (χ0v) is 11.9. The topological polar surface area (TPSA) is 64.8 Å². The molecule has 2 aliphatic heterocycles. The van der Waals surface area contributed by atoms with Gasteiger partial charge in [0.1, 0.15) is 16.9 Å². The van der Waals surface area contributed by atoms with Crippen molar-refractivity contribution in [2.75, 3.05) is 26.8 Å². The molecule has 6 heteroatoms. The number of aromatic nitrogens is 1. The van der Waals surface area contributed by atoms with E-state index in [0.717, 1.165) is 12.8 Å². The first-order valence-electron chi connectivity index (χ1n) is 7.07. The number of rotatable bonds is 3. The second-order valence-electron chi connectivity index (χ2n) is 5.56. The molecule has 2 aliphatic rings. The highest BCUT2D eigenvalue weighted by Gasteiger charge is 2.49. The fourth-order valence-corrected chi connectivity index (χ4v) is 3.06. The number of carbonyl (C=O) groups excluding carboxylic acids is 1. The summed E-state index contributed by atoms with van der Waals surface area (Å²) in [6.07, 6.45) is 4.20. The highest BCUT2D eigenvalue weighted by molar-refractivity contribution is 5.95. The average molecular weight is 280 g/mol. The van der Waals surface area contributed by atoms with Crippen molar-refractivity contribution in [2.45, 2.75) is 37.9 Å². The van der Waals surface area contributed by atoms with Crippen LogP contribution in [0.4, 0.5) is 0 Å². The molecule has 0 bridgehead atoms. The molecule has 1 aromatic rings. The maximum absolute atomic E-state index is 12.4. The molecule has 1 amide bonds. The molecule has 2 fully saturated rings.